The van der Waals surface area contributed by atoms with E-state index in [9.17, 15) is 4.79 Å². The Morgan fingerprint density at radius 2 is 2.04 bits per heavy atom. The average molecular weight is 344 g/mol. The zero-order chi connectivity index (χ0) is 16.7. The summed E-state index contributed by atoms with van der Waals surface area (Å²) < 4.78 is 16.3. The van der Waals surface area contributed by atoms with Gasteiger partial charge in [-0.05, 0) is 31.2 Å². The van der Waals surface area contributed by atoms with Crippen molar-refractivity contribution in [3.05, 3.63) is 58.8 Å². The SMILES string of the molecule is CC(NC(=O)c1cc(Cl)c2c(c1)OCO2)c1cc2ccccc2o1. The van der Waals surface area contributed by atoms with Gasteiger partial charge >= 0.3 is 0 Å². The Morgan fingerprint density at radius 1 is 1.21 bits per heavy atom. The molecule has 24 heavy (non-hydrogen) atoms. The summed E-state index contributed by atoms with van der Waals surface area (Å²) in [6.07, 6.45) is 0. The summed E-state index contributed by atoms with van der Waals surface area (Å²) in [5.41, 5.74) is 1.20. The first-order chi connectivity index (χ1) is 11.6. The van der Waals surface area contributed by atoms with E-state index >= 15 is 0 Å². The van der Waals surface area contributed by atoms with E-state index < -0.39 is 0 Å². The smallest absolute Gasteiger partial charge is 0.252 e. The van der Waals surface area contributed by atoms with E-state index in [0.29, 0.717) is 27.8 Å². The molecule has 0 bridgehead atoms. The Kier molecular flexibility index (Phi) is 3.58. The third kappa shape index (κ3) is 2.57. The lowest BCUT2D eigenvalue weighted by Gasteiger charge is -2.12. The lowest BCUT2D eigenvalue weighted by Crippen LogP contribution is -2.26. The number of ether oxygens (including phenoxy) is 2. The van der Waals surface area contributed by atoms with Crippen LogP contribution in [-0.4, -0.2) is 12.7 Å². The molecule has 2 aromatic carbocycles. The molecule has 6 heteroatoms. The molecule has 1 atom stereocenters. The molecule has 1 aliphatic rings. The normalized spacial score (nSPS) is 13.9. The van der Waals surface area contributed by atoms with Crippen molar-refractivity contribution in [3.63, 3.8) is 0 Å². The van der Waals surface area contributed by atoms with E-state index in [-0.39, 0.29) is 18.7 Å². The second kappa shape index (κ2) is 5.76. The first kappa shape index (κ1) is 14.9. The molecule has 1 aromatic heterocycles. The molecule has 1 aliphatic heterocycles. The summed E-state index contributed by atoms with van der Waals surface area (Å²) in [7, 11) is 0. The summed E-state index contributed by atoms with van der Waals surface area (Å²) in [6.45, 7) is 1.97. The van der Waals surface area contributed by atoms with Crippen molar-refractivity contribution in [1.29, 1.82) is 0 Å². The standard InChI is InChI=1S/C18H14ClNO4/c1-10(15-7-11-4-2-3-5-14(11)24-15)20-18(21)12-6-13(19)17-16(8-12)22-9-23-17/h2-8,10H,9H2,1H3,(H,20,21). The molecule has 0 spiro atoms. The Hall–Kier alpha value is -2.66. The van der Waals surface area contributed by atoms with Crippen molar-refractivity contribution in [2.24, 2.45) is 0 Å². The number of fused-ring (bicyclic) bond motifs is 2. The fourth-order valence-electron chi connectivity index (χ4n) is 2.67. The van der Waals surface area contributed by atoms with Crippen LogP contribution in [0.15, 0.2) is 46.9 Å². The summed E-state index contributed by atoms with van der Waals surface area (Å²) in [5, 5.41) is 4.26. The number of carbonyl (C=O) groups excluding carboxylic acids is 1. The maximum absolute atomic E-state index is 12.5. The maximum Gasteiger partial charge on any atom is 0.252 e. The minimum Gasteiger partial charge on any atom is -0.459 e. The quantitative estimate of drug-likeness (QED) is 0.770. The number of hydrogen-bond acceptors (Lipinski definition) is 4. The van der Waals surface area contributed by atoms with Gasteiger partial charge in [-0.15, -0.1) is 0 Å². The Morgan fingerprint density at radius 3 is 2.88 bits per heavy atom. The van der Waals surface area contributed by atoms with Crippen LogP contribution in [0.4, 0.5) is 0 Å². The van der Waals surface area contributed by atoms with Crippen LogP contribution < -0.4 is 14.8 Å². The highest BCUT2D eigenvalue weighted by Gasteiger charge is 2.22. The van der Waals surface area contributed by atoms with Crippen LogP contribution >= 0.6 is 11.6 Å². The highest BCUT2D eigenvalue weighted by atomic mass is 35.5. The topological polar surface area (TPSA) is 60.7 Å². The number of rotatable bonds is 3. The van der Waals surface area contributed by atoms with E-state index in [0.717, 1.165) is 11.0 Å². The molecule has 0 saturated carbocycles. The molecule has 1 N–H and O–H groups in total. The number of benzene rings is 2. The predicted octanol–water partition coefficient (Wildman–Crippen LogP) is 4.31. The lowest BCUT2D eigenvalue weighted by molar-refractivity contribution is 0.0935. The van der Waals surface area contributed by atoms with Crippen LogP contribution in [0, 0.1) is 0 Å². The number of para-hydroxylation sites is 1. The van der Waals surface area contributed by atoms with Crippen LogP contribution in [0.2, 0.25) is 5.02 Å². The van der Waals surface area contributed by atoms with Gasteiger partial charge in [-0.1, -0.05) is 29.8 Å². The number of nitrogens with one attached hydrogen (secondary N) is 1. The molecule has 1 amide bonds. The number of furan rings is 1. The molecule has 0 fully saturated rings. The predicted molar refractivity (Wildman–Crippen MR) is 89.7 cm³/mol. The molecule has 3 aromatic rings. The monoisotopic (exact) mass is 343 g/mol. The van der Waals surface area contributed by atoms with Crippen molar-refractivity contribution in [2.45, 2.75) is 13.0 Å². The highest BCUT2D eigenvalue weighted by molar-refractivity contribution is 6.32. The maximum atomic E-state index is 12.5. The van der Waals surface area contributed by atoms with Crippen molar-refractivity contribution in [2.75, 3.05) is 6.79 Å². The minimum atomic E-state index is -0.283. The molecule has 0 aliphatic carbocycles. The molecule has 2 heterocycles. The fourth-order valence-corrected chi connectivity index (χ4v) is 2.93. The molecular formula is C18H14ClNO4. The van der Waals surface area contributed by atoms with Gasteiger partial charge in [0.1, 0.15) is 11.3 Å². The summed E-state index contributed by atoms with van der Waals surface area (Å²) in [4.78, 5) is 12.5. The Balaban J connectivity index is 1.56. The number of hydrogen-bond donors (Lipinski definition) is 1. The lowest BCUT2D eigenvalue weighted by atomic mass is 10.1. The largest absolute Gasteiger partial charge is 0.459 e. The van der Waals surface area contributed by atoms with Crippen molar-refractivity contribution < 1.29 is 18.7 Å². The third-order valence-electron chi connectivity index (χ3n) is 3.91. The molecule has 0 radical (unpaired) electrons. The van der Waals surface area contributed by atoms with Gasteiger partial charge < -0.3 is 19.2 Å². The van der Waals surface area contributed by atoms with Gasteiger partial charge in [-0.25, -0.2) is 0 Å². The fraction of sp³-hybridized carbons (Fsp3) is 0.167. The number of carbonyl (C=O) groups is 1. The van der Waals surface area contributed by atoms with E-state index in [1.165, 1.54) is 0 Å². The van der Waals surface area contributed by atoms with E-state index in [1.807, 2.05) is 37.3 Å². The van der Waals surface area contributed by atoms with Crippen molar-refractivity contribution >= 4 is 28.5 Å². The zero-order valence-corrected chi connectivity index (χ0v) is 13.6. The summed E-state index contributed by atoms with van der Waals surface area (Å²) in [6, 6.07) is 12.5. The van der Waals surface area contributed by atoms with Gasteiger partial charge in [0.15, 0.2) is 11.5 Å². The van der Waals surface area contributed by atoms with E-state index in [4.69, 9.17) is 25.5 Å². The van der Waals surface area contributed by atoms with Crippen LogP contribution in [0.1, 0.15) is 29.1 Å². The second-order valence-electron chi connectivity index (χ2n) is 5.57. The molecule has 122 valence electrons. The van der Waals surface area contributed by atoms with E-state index in [1.54, 1.807) is 12.1 Å². The van der Waals surface area contributed by atoms with E-state index in [2.05, 4.69) is 5.32 Å². The van der Waals surface area contributed by atoms with Gasteiger partial charge in [0.2, 0.25) is 6.79 Å². The highest BCUT2D eigenvalue weighted by Crippen LogP contribution is 2.39. The third-order valence-corrected chi connectivity index (χ3v) is 4.19. The van der Waals surface area contributed by atoms with Crippen LogP contribution in [0.5, 0.6) is 11.5 Å². The van der Waals surface area contributed by atoms with Gasteiger partial charge in [0, 0.05) is 10.9 Å². The van der Waals surface area contributed by atoms with Crippen molar-refractivity contribution in [3.8, 4) is 11.5 Å². The summed E-state index contributed by atoms with van der Waals surface area (Å²) >= 11 is 6.12. The molecular weight excluding hydrogens is 330 g/mol. The Labute approximate surface area is 143 Å². The molecule has 5 nitrogen and oxygen atoms in total. The first-order valence-electron chi connectivity index (χ1n) is 7.50. The average Bonchev–Trinajstić information content (AvgIpc) is 3.21. The van der Waals surface area contributed by atoms with Gasteiger partial charge in [-0.2, -0.15) is 0 Å². The number of halogens is 1. The van der Waals surface area contributed by atoms with Crippen LogP contribution in [-0.2, 0) is 0 Å². The molecule has 1 unspecified atom stereocenters. The zero-order valence-electron chi connectivity index (χ0n) is 12.8. The van der Waals surface area contributed by atoms with Gasteiger partial charge in [0.25, 0.3) is 5.91 Å². The van der Waals surface area contributed by atoms with Gasteiger partial charge in [-0.3, -0.25) is 4.79 Å². The molecule has 0 saturated heterocycles. The summed E-state index contributed by atoms with van der Waals surface area (Å²) in [5.74, 6) is 1.38. The van der Waals surface area contributed by atoms with Crippen LogP contribution in [0.25, 0.3) is 11.0 Å². The minimum absolute atomic E-state index is 0.107. The number of amides is 1. The van der Waals surface area contributed by atoms with Crippen molar-refractivity contribution in [1.82, 2.24) is 5.32 Å². The van der Waals surface area contributed by atoms with Gasteiger partial charge in [0.05, 0.1) is 11.1 Å². The van der Waals surface area contributed by atoms with Crippen LogP contribution in [0.3, 0.4) is 0 Å². The molecule has 4 rings (SSSR count). The first-order valence-corrected chi connectivity index (χ1v) is 7.88. The Bertz CT molecular complexity index is 901. The second-order valence-corrected chi connectivity index (χ2v) is 5.98.